The van der Waals surface area contributed by atoms with Crippen molar-refractivity contribution in [2.75, 3.05) is 32.7 Å². The largest absolute Gasteiger partial charge is 0.334 e. The molecule has 0 saturated carbocycles. The van der Waals surface area contributed by atoms with E-state index >= 15 is 0 Å². The van der Waals surface area contributed by atoms with Crippen LogP contribution in [0, 0.1) is 0 Å². The summed E-state index contributed by atoms with van der Waals surface area (Å²) in [6, 6.07) is 2.47. The second-order valence-corrected chi connectivity index (χ2v) is 6.46. The van der Waals surface area contributed by atoms with Crippen LogP contribution in [0.2, 0.25) is 0 Å². The number of likely N-dealkylation sites (tertiary alicyclic amines) is 2. The minimum absolute atomic E-state index is 0.117. The monoisotopic (exact) mass is 305 g/mol. The Morgan fingerprint density at radius 2 is 2.18 bits per heavy atom. The molecule has 2 aliphatic rings. The van der Waals surface area contributed by atoms with Crippen molar-refractivity contribution in [2.24, 2.45) is 0 Å². The molecule has 22 heavy (non-hydrogen) atoms. The summed E-state index contributed by atoms with van der Waals surface area (Å²) in [6.07, 6.45) is 6.12. The van der Waals surface area contributed by atoms with Crippen LogP contribution in [0.4, 0.5) is 4.79 Å². The van der Waals surface area contributed by atoms with E-state index in [1.54, 1.807) is 6.20 Å². The molecule has 6 nitrogen and oxygen atoms in total. The fraction of sp³-hybridized carbons (Fsp3) is 0.750. The molecule has 2 amide bonds. The Labute approximate surface area is 132 Å². The third-order valence-corrected chi connectivity index (χ3v) is 5.02. The van der Waals surface area contributed by atoms with Gasteiger partial charge in [0.05, 0.1) is 0 Å². The van der Waals surface area contributed by atoms with E-state index in [2.05, 4.69) is 27.3 Å². The zero-order valence-corrected chi connectivity index (χ0v) is 13.4. The summed E-state index contributed by atoms with van der Waals surface area (Å²) in [6.45, 7) is 7.08. The van der Waals surface area contributed by atoms with Gasteiger partial charge >= 0.3 is 6.03 Å². The Hall–Kier alpha value is -1.56. The van der Waals surface area contributed by atoms with Gasteiger partial charge in [0.1, 0.15) is 0 Å². The zero-order chi connectivity index (χ0) is 15.4. The van der Waals surface area contributed by atoms with Crippen molar-refractivity contribution >= 4 is 6.03 Å². The lowest BCUT2D eigenvalue weighted by atomic mass is 9.94. The van der Waals surface area contributed by atoms with Crippen LogP contribution in [0.3, 0.4) is 0 Å². The highest BCUT2D eigenvalue weighted by molar-refractivity contribution is 5.74. The van der Waals surface area contributed by atoms with Gasteiger partial charge in [-0.1, -0.05) is 6.92 Å². The number of hydrogen-bond acceptors (Lipinski definition) is 3. The Bertz CT molecular complexity index is 467. The van der Waals surface area contributed by atoms with E-state index < -0.39 is 0 Å². The van der Waals surface area contributed by atoms with Gasteiger partial charge in [0, 0.05) is 43.5 Å². The lowest BCUT2D eigenvalue weighted by molar-refractivity contribution is 0.160. The number of carbonyl (C=O) groups is 1. The number of urea groups is 1. The molecule has 6 heteroatoms. The van der Waals surface area contributed by atoms with Crippen LogP contribution in [-0.2, 0) is 0 Å². The van der Waals surface area contributed by atoms with Gasteiger partial charge in [-0.05, 0) is 44.8 Å². The van der Waals surface area contributed by atoms with E-state index in [-0.39, 0.29) is 6.03 Å². The first-order valence-electron chi connectivity index (χ1n) is 8.53. The predicted octanol–water partition coefficient (Wildman–Crippen LogP) is 1.78. The molecule has 2 saturated heterocycles. The summed E-state index contributed by atoms with van der Waals surface area (Å²) in [5.41, 5.74) is 1.20. The van der Waals surface area contributed by atoms with Gasteiger partial charge in [-0.25, -0.2) is 4.79 Å². The van der Waals surface area contributed by atoms with Crippen molar-refractivity contribution in [1.82, 2.24) is 25.3 Å². The van der Waals surface area contributed by atoms with Gasteiger partial charge < -0.3 is 15.1 Å². The first-order chi connectivity index (χ1) is 10.8. The molecule has 1 aromatic heterocycles. The molecule has 122 valence electrons. The predicted molar refractivity (Wildman–Crippen MR) is 85.8 cm³/mol. The minimum atomic E-state index is 0.117. The molecular formula is C16H27N5O. The summed E-state index contributed by atoms with van der Waals surface area (Å²) in [5.74, 6) is 0.511. The summed E-state index contributed by atoms with van der Waals surface area (Å²) < 4.78 is 0. The fourth-order valence-corrected chi connectivity index (χ4v) is 3.61. The number of carbonyl (C=O) groups excluding carboxylic acids is 1. The molecule has 1 unspecified atom stereocenters. The number of hydrogen-bond donors (Lipinski definition) is 2. The van der Waals surface area contributed by atoms with Crippen LogP contribution in [0.5, 0.6) is 0 Å². The van der Waals surface area contributed by atoms with E-state index in [1.807, 2.05) is 11.0 Å². The molecule has 2 aliphatic heterocycles. The minimum Gasteiger partial charge on any atom is -0.334 e. The highest BCUT2D eigenvalue weighted by atomic mass is 16.2. The van der Waals surface area contributed by atoms with Crippen LogP contribution in [0.15, 0.2) is 12.3 Å². The van der Waals surface area contributed by atoms with Gasteiger partial charge in [0.2, 0.25) is 0 Å². The van der Waals surface area contributed by atoms with Crippen molar-refractivity contribution in [3.8, 4) is 0 Å². The fourth-order valence-electron chi connectivity index (χ4n) is 3.61. The van der Waals surface area contributed by atoms with Crippen LogP contribution < -0.4 is 5.32 Å². The number of nitrogens with one attached hydrogen (secondary N) is 2. The average molecular weight is 305 g/mol. The smallest absolute Gasteiger partial charge is 0.317 e. The molecular weight excluding hydrogens is 278 g/mol. The van der Waals surface area contributed by atoms with Crippen molar-refractivity contribution in [1.29, 1.82) is 0 Å². The van der Waals surface area contributed by atoms with Gasteiger partial charge in [0.25, 0.3) is 0 Å². The van der Waals surface area contributed by atoms with Crippen LogP contribution in [0.25, 0.3) is 0 Å². The maximum absolute atomic E-state index is 12.4. The molecule has 0 aromatic carbocycles. The molecule has 0 bridgehead atoms. The standard InChI is InChI=1S/C16H27N5O/c1-2-20-9-3-4-14(12-20)18-16(22)21-10-6-13(7-11-21)15-5-8-17-19-15/h5,8,13-14H,2-4,6-7,9-12H2,1H3,(H,17,19)(H,18,22). The molecule has 2 N–H and O–H groups in total. The summed E-state index contributed by atoms with van der Waals surface area (Å²) >= 11 is 0. The molecule has 1 atom stereocenters. The van der Waals surface area contributed by atoms with Crippen LogP contribution in [0.1, 0.15) is 44.2 Å². The maximum Gasteiger partial charge on any atom is 0.317 e. The Kier molecular flexibility index (Phi) is 4.97. The lowest BCUT2D eigenvalue weighted by Gasteiger charge is -2.36. The van der Waals surface area contributed by atoms with Gasteiger partial charge in [-0.3, -0.25) is 5.10 Å². The van der Waals surface area contributed by atoms with Crippen molar-refractivity contribution in [3.05, 3.63) is 18.0 Å². The normalized spacial score (nSPS) is 24.4. The number of amides is 2. The van der Waals surface area contributed by atoms with Crippen molar-refractivity contribution in [2.45, 2.75) is 44.6 Å². The summed E-state index contributed by atoms with van der Waals surface area (Å²) in [4.78, 5) is 16.8. The first-order valence-corrected chi connectivity index (χ1v) is 8.53. The second kappa shape index (κ2) is 7.13. The van der Waals surface area contributed by atoms with E-state index in [0.717, 1.165) is 45.4 Å². The van der Waals surface area contributed by atoms with Gasteiger partial charge in [0.15, 0.2) is 0 Å². The summed E-state index contributed by atoms with van der Waals surface area (Å²) in [5, 5.41) is 10.3. The molecule has 3 heterocycles. The number of aromatic amines is 1. The number of H-pyrrole nitrogens is 1. The van der Waals surface area contributed by atoms with E-state index in [4.69, 9.17) is 0 Å². The topological polar surface area (TPSA) is 64.3 Å². The first kappa shape index (κ1) is 15.3. The highest BCUT2D eigenvalue weighted by Crippen LogP contribution is 2.26. The molecule has 1 aromatic rings. The number of likely N-dealkylation sites (N-methyl/N-ethyl adjacent to an activating group) is 1. The molecule has 0 aliphatic carbocycles. The van der Waals surface area contributed by atoms with Gasteiger partial charge in [-0.15, -0.1) is 0 Å². The van der Waals surface area contributed by atoms with Gasteiger partial charge in [-0.2, -0.15) is 5.10 Å². The van der Waals surface area contributed by atoms with Crippen LogP contribution >= 0.6 is 0 Å². The highest BCUT2D eigenvalue weighted by Gasteiger charge is 2.27. The van der Waals surface area contributed by atoms with Crippen molar-refractivity contribution in [3.63, 3.8) is 0 Å². The Balaban J connectivity index is 1.45. The quantitative estimate of drug-likeness (QED) is 0.895. The SMILES string of the molecule is CCN1CCCC(NC(=O)N2CCC(c3ccn[nH]3)CC2)C1. The average Bonchev–Trinajstić information content (AvgIpc) is 3.09. The zero-order valence-electron chi connectivity index (χ0n) is 13.4. The summed E-state index contributed by atoms with van der Waals surface area (Å²) in [7, 11) is 0. The van der Waals surface area contributed by atoms with Crippen LogP contribution in [-0.4, -0.2) is 64.8 Å². The van der Waals surface area contributed by atoms with Crippen molar-refractivity contribution < 1.29 is 4.79 Å². The number of nitrogens with zero attached hydrogens (tertiary/aromatic N) is 3. The maximum atomic E-state index is 12.4. The number of aromatic nitrogens is 2. The lowest BCUT2D eigenvalue weighted by Crippen LogP contribution is -2.52. The molecule has 0 radical (unpaired) electrons. The molecule has 0 spiro atoms. The Morgan fingerprint density at radius 1 is 1.36 bits per heavy atom. The Morgan fingerprint density at radius 3 is 2.86 bits per heavy atom. The number of piperidine rings is 2. The number of rotatable bonds is 3. The third kappa shape index (κ3) is 3.61. The molecule has 2 fully saturated rings. The molecule has 3 rings (SSSR count). The van der Waals surface area contributed by atoms with E-state index in [0.29, 0.717) is 12.0 Å². The van der Waals surface area contributed by atoms with E-state index in [9.17, 15) is 4.79 Å². The van der Waals surface area contributed by atoms with E-state index in [1.165, 1.54) is 18.7 Å². The second-order valence-electron chi connectivity index (χ2n) is 6.46. The third-order valence-electron chi connectivity index (χ3n) is 5.02.